The zero-order valence-electron chi connectivity index (χ0n) is 10.8. The summed E-state index contributed by atoms with van der Waals surface area (Å²) in [6.07, 6.45) is 0. The summed E-state index contributed by atoms with van der Waals surface area (Å²) < 4.78 is 45.4. The summed E-state index contributed by atoms with van der Waals surface area (Å²) in [5, 5.41) is 0.0432. The zero-order valence-corrected chi connectivity index (χ0v) is 14.0. The number of nitrogens with zero attached hydrogens (tertiary/aromatic N) is 1. The molecule has 114 valence electrons. The fourth-order valence-corrected chi connectivity index (χ4v) is 3.57. The number of rotatable bonds is 4. The molecule has 0 aliphatic carbocycles. The fraction of sp³-hybridized carbons (Fsp3) is 0.167. The van der Waals surface area contributed by atoms with Crippen molar-refractivity contribution < 1.29 is 17.2 Å². The molecule has 5 nitrogen and oxygen atoms in total. The lowest BCUT2D eigenvalue weighted by Crippen LogP contribution is -2.27. The molecule has 2 rings (SSSR count). The van der Waals surface area contributed by atoms with Crippen LogP contribution in [0, 0.1) is 5.82 Å². The van der Waals surface area contributed by atoms with E-state index in [1.165, 1.54) is 7.05 Å². The molecule has 2 aromatic rings. The van der Waals surface area contributed by atoms with Gasteiger partial charge >= 0.3 is 0 Å². The number of anilines is 1. The molecular weight excluding hydrogens is 387 g/mol. The molecule has 0 aliphatic rings. The van der Waals surface area contributed by atoms with Gasteiger partial charge in [0.15, 0.2) is 10.5 Å². The number of furan rings is 1. The molecule has 1 heterocycles. The van der Waals surface area contributed by atoms with Crippen LogP contribution in [0.2, 0.25) is 5.02 Å². The van der Waals surface area contributed by atoms with Gasteiger partial charge in [-0.25, -0.2) is 12.8 Å². The van der Waals surface area contributed by atoms with Crippen molar-refractivity contribution in [3.05, 3.63) is 45.5 Å². The third kappa shape index (κ3) is 3.39. The van der Waals surface area contributed by atoms with Gasteiger partial charge in [0.25, 0.3) is 0 Å². The predicted octanol–water partition coefficient (Wildman–Crippen LogP) is 3.24. The number of sulfonamides is 1. The summed E-state index contributed by atoms with van der Waals surface area (Å²) in [5.41, 5.74) is 5.08. The van der Waals surface area contributed by atoms with Crippen molar-refractivity contribution >= 4 is 43.2 Å². The number of hydrogen-bond acceptors (Lipinski definition) is 4. The van der Waals surface area contributed by atoms with Crippen molar-refractivity contribution in [1.82, 2.24) is 4.31 Å². The summed E-state index contributed by atoms with van der Waals surface area (Å²) in [5.74, 6) is -0.616. The molecular formula is C12H11BrClFN2O3S. The molecule has 0 bridgehead atoms. The van der Waals surface area contributed by atoms with Crippen LogP contribution in [0.3, 0.4) is 0 Å². The number of nitrogens with two attached hydrogens (primary N) is 1. The van der Waals surface area contributed by atoms with Crippen LogP contribution in [0.25, 0.3) is 0 Å². The van der Waals surface area contributed by atoms with Gasteiger partial charge in [-0.05, 0) is 40.2 Å². The maximum Gasteiger partial charge on any atom is 0.246 e. The van der Waals surface area contributed by atoms with Crippen molar-refractivity contribution in [3.8, 4) is 0 Å². The van der Waals surface area contributed by atoms with E-state index in [1.807, 2.05) is 0 Å². The highest BCUT2D eigenvalue weighted by atomic mass is 79.9. The minimum Gasteiger partial charge on any atom is -0.453 e. The Morgan fingerprint density at radius 1 is 1.43 bits per heavy atom. The summed E-state index contributed by atoms with van der Waals surface area (Å²) in [6, 6.07) is 5.42. The maximum atomic E-state index is 14.0. The fourth-order valence-electron chi connectivity index (χ4n) is 1.68. The molecule has 0 radical (unpaired) electrons. The average Bonchev–Trinajstić information content (AvgIpc) is 2.79. The lowest BCUT2D eigenvalue weighted by molar-refractivity contribution is 0.396. The van der Waals surface area contributed by atoms with Gasteiger partial charge < -0.3 is 10.2 Å². The van der Waals surface area contributed by atoms with E-state index in [1.54, 1.807) is 12.1 Å². The van der Waals surface area contributed by atoms with Crippen LogP contribution in [-0.2, 0) is 16.6 Å². The summed E-state index contributed by atoms with van der Waals surface area (Å²) in [4.78, 5) is -0.569. The Morgan fingerprint density at radius 3 is 2.67 bits per heavy atom. The third-order valence-corrected chi connectivity index (χ3v) is 5.17. The zero-order chi connectivity index (χ0) is 15.8. The van der Waals surface area contributed by atoms with E-state index in [-0.39, 0.29) is 17.3 Å². The molecule has 9 heteroatoms. The lowest BCUT2D eigenvalue weighted by atomic mass is 10.3. The van der Waals surface area contributed by atoms with E-state index in [9.17, 15) is 12.8 Å². The first kappa shape index (κ1) is 16.3. The second-order valence-electron chi connectivity index (χ2n) is 4.27. The first-order valence-corrected chi connectivity index (χ1v) is 8.28. The molecule has 0 spiro atoms. The smallest absolute Gasteiger partial charge is 0.246 e. The first-order chi connectivity index (χ1) is 9.71. The average molecular weight is 398 g/mol. The summed E-state index contributed by atoms with van der Waals surface area (Å²) in [6.45, 7) is -0.0558. The Balaban J connectivity index is 2.37. The lowest BCUT2D eigenvalue weighted by Gasteiger charge is -2.17. The van der Waals surface area contributed by atoms with Crippen molar-refractivity contribution in [2.24, 2.45) is 0 Å². The molecule has 0 aliphatic heterocycles. The second kappa shape index (κ2) is 5.96. The SMILES string of the molecule is CN(Cc1ccc(Br)o1)S(=O)(=O)c1cc(Cl)cc(N)c1F. The van der Waals surface area contributed by atoms with Crippen molar-refractivity contribution in [2.45, 2.75) is 11.4 Å². The summed E-state index contributed by atoms with van der Waals surface area (Å²) in [7, 11) is -2.78. The molecule has 1 aromatic carbocycles. The van der Waals surface area contributed by atoms with Crippen molar-refractivity contribution in [1.29, 1.82) is 0 Å². The van der Waals surface area contributed by atoms with Gasteiger partial charge in [0.05, 0.1) is 12.2 Å². The van der Waals surface area contributed by atoms with Gasteiger partial charge in [-0.1, -0.05) is 11.6 Å². The number of halogens is 3. The van der Waals surface area contributed by atoms with E-state index in [0.29, 0.717) is 10.4 Å². The molecule has 21 heavy (non-hydrogen) atoms. The number of hydrogen-bond donors (Lipinski definition) is 1. The van der Waals surface area contributed by atoms with Gasteiger partial charge in [-0.15, -0.1) is 0 Å². The molecule has 1 aromatic heterocycles. The predicted molar refractivity (Wildman–Crippen MR) is 80.9 cm³/mol. The molecule has 0 amide bonds. The Morgan fingerprint density at radius 2 is 2.10 bits per heavy atom. The van der Waals surface area contributed by atoms with Crippen LogP contribution in [0.5, 0.6) is 0 Å². The van der Waals surface area contributed by atoms with Crippen LogP contribution in [0.1, 0.15) is 5.76 Å². The van der Waals surface area contributed by atoms with Crippen LogP contribution >= 0.6 is 27.5 Å². The highest BCUT2D eigenvalue weighted by Gasteiger charge is 2.27. The quantitative estimate of drug-likeness (QED) is 0.804. The van der Waals surface area contributed by atoms with E-state index in [0.717, 1.165) is 16.4 Å². The number of benzene rings is 1. The monoisotopic (exact) mass is 396 g/mol. The molecule has 2 N–H and O–H groups in total. The normalized spacial score (nSPS) is 12.0. The second-order valence-corrected chi connectivity index (χ2v) is 7.51. The number of nitrogen functional groups attached to an aromatic ring is 1. The Hall–Kier alpha value is -1.09. The molecule has 0 fully saturated rings. The van der Waals surface area contributed by atoms with Crippen LogP contribution in [0.15, 0.2) is 38.2 Å². The third-order valence-electron chi connectivity index (χ3n) is 2.73. The minimum atomic E-state index is -4.09. The summed E-state index contributed by atoms with van der Waals surface area (Å²) >= 11 is 8.86. The van der Waals surface area contributed by atoms with Crippen LogP contribution < -0.4 is 5.73 Å². The molecule has 0 saturated heterocycles. The Kier molecular flexibility index (Phi) is 4.62. The van der Waals surface area contributed by atoms with E-state index < -0.39 is 20.7 Å². The maximum absolute atomic E-state index is 14.0. The Labute approximate surface area is 134 Å². The van der Waals surface area contributed by atoms with E-state index >= 15 is 0 Å². The minimum absolute atomic E-state index is 0.0432. The highest BCUT2D eigenvalue weighted by Crippen LogP contribution is 2.28. The van der Waals surface area contributed by atoms with Gasteiger partial charge in [0.2, 0.25) is 10.0 Å². The largest absolute Gasteiger partial charge is 0.453 e. The topological polar surface area (TPSA) is 76.5 Å². The van der Waals surface area contributed by atoms with Crippen LogP contribution in [-0.4, -0.2) is 19.8 Å². The molecule has 0 unspecified atom stereocenters. The van der Waals surface area contributed by atoms with E-state index in [2.05, 4.69) is 15.9 Å². The van der Waals surface area contributed by atoms with Crippen LogP contribution in [0.4, 0.5) is 10.1 Å². The van der Waals surface area contributed by atoms with Gasteiger partial charge in [0, 0.05) is 12.1 Å². The first-order valence-electron chi connectivity index (χ1n) is 5.67. The van der Waals surface area contributed by atoms with Gasteiger partial charge in [-0.2, -0.15) is 4.31 Å². The van der Waals surface area contributed by atoms with Crippen molar-refractivity contribution in [2.75, 3.05) is 12.8 Å². The van der Waals surface area contributed by atoms with Gasteiger partial charge in [0.1, 0.15) is 10.7 Å². The Bertz CT molecular complexity index is 779. The molecule has 0 saturated carbocycles. The van der Waals surface area contributed by atoms with Crippen molar-refractivity contribution in [3.63, 3.8) is 0 Å². The molecule has 0 atom stereocenters. The van der Waals surface area contributed by atoms with Gasteiger partial charge in [-0.3, -0.25) is 0 Å². The highest BCUT2D eigenvalue weighted by molar-refractivity contribution is 9.10. The standard InChI is InChI=1S/C12H11BrClFN2O3S/c1-17(6-8-2-3-11(13)20-8)21(18,19)10-5-7(14)4-9(16)12(10)15/h2-5H,6,16H2,1H3. The van der Waals surface area contributed by atoms with E-state index in [4.69, 9.17) is 21.8 Å².